The molecule has 0 aliphatic carbocycles. The van der Waals surface area contributed by atoms with Crippen molar-refractivity contribution in [1.29, 1.82) is 0 Å². The molecule has 4 aromatic rings. The number of carbonyl (C=O) groups excluding carboxylic acids is 4. The number of likely N-dealkylation sites (N-methyl/N-ethyl adjacent to an activating group) is 1. The van der Waals surface area contributed by atoms with E-state index >= 15 is 0 Å². The Morgan fingerprint density at radius 2 is 1.76 bits per heavy atom. The van der Waals surface area contributed by atoms with Gasteiger partial charge in [0.25, 0.3) is 17.4 Å². The van der Waals surface area contributed by atoms with Crippen molar-refractivity contribution >= 4 is 61.7 Å². The largest absolute Gasteiger partial charge is 0.494 e. The molecule has 3 aliphatic heterocycles. The Hall–Kier alpha value is -4.60. The van der Waals surface area contributed by atoms with E-state index in [9.17, 15) is 24.0 Å². The zero-order valence-corrected chi connectivity index (χ0v) is 30.3. The van der Waals surface area contributed by atoms with E-state index in [1.165, 1.54) is 16.9 Å². The molecular weight excluding hydrogens is 740 g/mol. The maximum Gasteiger partial charge on any atom is 0.275 e. The van der Waals surface area contributed by atoms with Gasteiger partial charge in [-0.05, 0) is 90.8 Å². The van der Waals surface area contributed by atoms with Gasteiger partial charge in [-0.2, -0.15) is 0 Å². The normalized spacial score (nSPS) is 20.8. The van der Waals surface area contributed by atoms with Gasteiger partial charge >= 0.3 is 0 Å². The van der Waals surface area contributed by atoms with Crippen LogP contribution < -0.4 is 25.7 Å². The van der Waals surface area contributed by atoms with Crippen LogP contribution in [0.25, 0.3) is 4.96 Å². The van der Waals surface area contributed by atoms with Gasteiger partial charge in [-0.25, -0.2) is 4.98 Å². The quantitative estimate of drug-likeness (QED) is 0.156. The van der Waals surface area contributed by atoms with Crippen LogP contribution in [0.15, 0.2) is 63.3 Å². The number of hydrogen-bond acceptors (Lipinski definition) is 11. The molecule has 0 bridgehead atoms. The van der Waals surface area contributed by atoms with Gasteiger partial charge in [0.2, 0.25) is 11.8 Å². The molecule has 0 radical (unpaired) electrons. The van der Waals surface area contributed by atoms with Crippen LogP contribution in [0.3, 0.4) is 0 Å². The smallest absolute Gasteiger partial charge is 0.275 e. The van der Waals surface area contributed by atoms with Gasteiger partial charge in [-0.15, -0.1) is 11.3 Å². The lowest BCUT2D eigenvalue weighted by atomic mass is 9.88. The van der Waals surface area contributed by atoms with Crippen LogP contribution in [-0.2, 0) is 9.59 Å². The first kappa shape index (κ1) is 34.8. The summed E-state index contributed by atoms with van der Waals surface area (Å²) in [4.78, 5) is 71.5. The Bertz CT molecular complexity index is 2050. The average Bonchev–Trinajstić information content (AvgIpc) is 3.69. The summed E-state index contributed by atoms with van der Waals surface area (Å²) < 4.78 is 13.9. The van der Waals surface area contributed by atoms with Crippen molar-refractivity contribution in [1.82, 2.24) is 24.5 Å². The molecule has 2 N–H and O–H groups in total. The lowest BCUT2D eigenvalue weighted by molar-refractivity contribution is -0.136. The minimum Gasteiger partial charge on any atom is -0.494 e. The summed E-state index contributed by atoms with van der Waals surface area (Å²) in [5.41, 5.74) is 1.46. The molecule has 3 atom stereocenters. The first-order valence-electron chi connectivity index (χ1n) is 17.0. The van der Waals surface area contributed by atoms with Crippen molar-refractivity contribution in [2.75, 3.05) is 38.7 Å². The zero-order valence-electron chi connectivity index (χ0n) is 27.9. The van der Waals surface area contributed by atoms with Crippen LogP contribution in [0.5, 0.6) is 11.5 Å². The third kappa shape index (κ3) is 7.28. The van der Waals surface area contributed by atoms with Crippen LogP contribution >= 0.6 is 27.3 Å². The lowest BCUT2D eigenvalue weighted by Crippen LogP contribution is -2.54. The molecule has 15 heteroatoms. The number of imide groups is 2. The highest BCUT2D eigenvalue weighted by Gasteiger charge is 2.46. The van der Waals surface area contributed by atoms with E-state index in [0.717, 1.165) is 49.4 Å². The number of halogens is 1. The monoisotopic (exact) mass is 776 g/mol. The number of likely N-dealkylation sites (tertiary alicyclic amines) is 1. The number of thiazole rings is 1. The Labute approximate surface area is 306 Å². The summed E-state index contributed by atoms with van der Waals surface area (Å²) in [5.74, 6) is -0.203. The molecule has 5 heterocycles. The minimum atomic E-state index is -1.02. The molecule has 3 aliphatic rings. The molecule has 2 aromatic carbocycles. The number of ether oxygens (including phenoxy) is 2. The molecule has 2 aromatic heterocycles. The summed E-state index contributed by atoms with van der Waals surface area (Å²) >= 11 is 4.87. The molecule has 51 heavy (non-hydrogen) atoms. The number of anilines is 1. The molecule has 4 amide bonds. The maximum absolute atomic E-state index is 13.2. The Kier molecular flexibility index (Phi) is 10.2. The number of rotatable bonds is 12. The van der Waals surface area contributed by atoms with E-state index < -0.39 is 29.7 Å². The van der Waals surface area contributed by atoms with Gasteiger partial charge in [0, 0.05) is 37.1 Å². The van der Waals surface area contributed by atoms with Crippen molar-refractivity contribution in [3.05, 3.63) is 85.6 Å². The first-order valence-corrected chi connectivity index (χ1v) is 18.7. The number of amides is 4. The fourth-order valence-electron chi connectivity index (χ4n) is 7.01. The summed E-state index contributed by atoms with van der Waals surface area (Å²) in [6, 6.07) is 12.2. The first-order chi connectivity index (χ1) is 24.7. The van der Waals surface area contributed by atoms with Gasteiger partial charge < -0.3 is 19.7 Å². The van der Waals surface area contributed by atoms with Crippen molar-refractivity contribution in [2.24, 2.45) is 0 Å². The molecule has 7 rings (SSSR count). The van der Waals surface area contributed by atoms with E-state index in [-0.39, 0.29) is 35.6 Å². The van der Waals surface area contributed by atoms with E-state index in [1.54, 1.807) is 28.8 Å². The van der Waals surface area contributed by atoms with Crippen LogP contribution in [0.2, 0.25) is 0 Å². The van der Waals surface area contributed by atoms with Crippen molar-refractivity contribution in [3.63, 3.8) is 0 Å². The molecule has 13 nitrogen and oxygen atoms in total. The molecule has 2 saturated heterocycles. The summed E-state index contributed by atoms with van der Waals surface area (Å²) in [5, 5.41) is 7.57. The number of fused-ring (bicyclic) bond motifs is 2. The molecule has 0 saturated carbocycles. The topological polar surface area (TPSA) is 152 Å². The number of unbranched alkanes of at least 4 members (excludes halogenated alkanes) is 2. The van der Waals surface area contributed by atoms with Crippen molar-refractivity contribution in [2.45, 2.75) is 56.5 Å². The van der Waals surface area contributed by atoms with E-state index in [1.807, 2.05) is 17.5 Å². The average molecular weight is 778 g/mol. The molecular formula is C36H37BrN6O7S. The van der Waals surface area contributed by atoms with E-state index in [4.69, 9.17) is 9.47 Å². The number of hydrogen-bond donors (Lipinski definition) is 2. The second kappa shape index (κ2) is 14.9. The highest BCUT2D eigenvalue weighted by Crippen LogP contribution is 2.34. The van der Waals surface area contributed by atoms with Gasteiger partial charge in [0.05, 0.1) is 24.3 Å². The fraction of sp³-hybridized carbons (Fsp3) is 0.389. The van der Waals surface area contributed by atoms with Gasteiger partial charge in [0.15, 0.2) is 4.96 Å². The molecule has 0 spiro atoms. The number of benzene rings is 2. The maximum atomic E-state index is 13.2. The third-order valence-corrected chi connectivity index (χ3v) is 11.0. The second-order valence-corrected chi connectivity index (χ2v) is 14.7. The fourth-order valence-corrected chi connectivity index (χ4v) is 8.11. The van der Waals surface area contributed by atoms with Gasteiger partial charge in [0.1, 0.15) is 27.8 Å². The Morgan fingerprint density at radius 1 is 0.980 bits per heavy atom. The Balaban J connectivity index is 0.858. The SMILES string of the molecule is CN1C[C@H](Nc2nc3sccn3c(=O)c2Br)C[C@H](c2ccc(OCCCCCOc3cccc4c3C(=O)N(C3CCC(=O)NC3=O)C4=O)cc2)C1. The second-order valence-electron chi connectivity index (χ2n) is 13.1. The van der Waals surface area contributed by atoms with E-state index in [2.05, 4.69) is 55.6 Å². The van der Waals surface area contributed by atoms with Crippen LogP contribution in [-0.4, -0.2) is 88.2 Å². The summed E-state index contributed by atoms with van der Waals surface area (Å²) in [6.07, 6.45) is 5.16. The van der Waals surface area contributed by atoms with Crippen molar-refractivity contribution in [3.8, 4) is 11.5 Å². The highest BCUT2D eigenvalue weighted by atomic mass is 79.9. The molecule has 1 unspecified atom stereocenters. The standard InChI is InChI=1S/C36H37BrN6O7S/c1-41-19-22(18-23(20-41)38-31-30(37)35(48)42-14-17-51-36(42)40-31)21-8-10-24(11-9-21)49-15-3-2-4-16-50-27-7-5-6-25-29(27)34(47)43(33(25)46)26-12-13-28(44)39-32(26)45/h5-11,14,17,22-23,26,38H,2-4,12-13,15-16,18-20H2,1H3,(H,39,44,45)/t22-,23+,26?/m0/s1. The third-order valence-electron chi connectivity index (χ3n) is 9.48. The summed E-state index contributed by atoms with van der Waals surface area (Å²) in [6.45, 7) is 2.66. The Morgan fingerprint density at radius 3 is 2.55 bits per heavy atom. The molecule has 2 fully saturated rings. The molecule has 266 valence electrons. The van der Waals surface area contributed by atoms with E-state index in [0.29, 0.717) is 40.1 Å². The number of nitrogens with zero attached hydrogens (tertiary/aromatic N) is 4. The zero-order chi connectivity index (χ0) is 35.6. The predicted octanol–water partition coefficient (Wildman–Crippen LogP) is 4.45. The van der Waals surface area contributed by atoms with Crippen LogP contribution in [0.4, 0.5) is 5.82 Å². The van der Waals surface area contributed by atoms with Crippen LogP contribution in [0, 0.1) is 0 Å². The number of aromatic nitrogens is 2. The number of piperidine rings is 2. The number of carbonyl (C=O) groups is 4. The minimum absolute atomic E-state index is 0.0656. The van der Waals surface area contributed by atoms with Gasteiger partial charge in [-0.1, -0.05) is 18.2 Å². The predicted molar refractivity (Wildman–Crippen MR) is 194 cm³/mol. The van der Waals surface area contributed by atoms with Gasteiger partial charge in [-0.3, -0.25) is 38.6 Å². The van der Waals surface area contributed by atoms with Crippen LogP contribution in [0.1, 0.15) is 70.7 Å². The lowest BCUT2D eigenvalue weighted by Gasteiger charge is -2.36. The van der Waals surface area contributed by atoms with Crippen molar-refractivity contribution < 1.29 is 28.7 Å². The summed E-state index contributed by atoms with van der Waals surface area (Å²) in [7, 11) is 2.10. The number of nitrogens with one attached hydrogen (secondary N) is 2. The highest BCUT2D eigenvalue weighted by molar-refractivity contribution is 9.10.